The van der Waals surface area contributed by atoms with Gasteiger partial charge in [0.05, 0.1) is 29.9 Å². The first-order valence-electron chi connectivity index (χ1n) is 6.06. The highest BCUT2D eigenvalue weighted by atomic mass is 16.5. The van der Waals surface area contributed by atoms with Gasteiger partial charge in [-0.25, -0.2) is 4.98 Å². The fourth-order valence-corrected chi connectivity index (χ4v) is 2.24. The summed E-state index contributed by atoms with van der Waals surface area (Å²) in [5.41, 5.74) is 8.94. The normalized spacial score (nSPS) is 10.4. The third-order valence-corrected chi connectivity index (χ3v) is 3.13. The van der Waals surface area contributed by atoms with Gasteiger partial charge in [0.15, 0.2) is 0 Å². The second-order valence-electron chi connectivity index (χ2n) is 4.30. The lowest BCUT2D eigenvalue weighted by molar-refractivity contribution is 0.419. The Morgan fingerprint density at radius 1 is 1.25 bits per heavy atom. The van der Waals surface area contributed by atoms with Crippen molar-refractivity contribution in [3.05, 3.63) is 48.0 Å². The maximum atomic E-state index is 9.00. The molecule has 3 rings (SSSR count). The van der Waals surface area contributed by atoms with Gasteiger partial charge in [-0.3, -0.25) is 4.57 Å². The number of nitrogen functional groups attached to an aromatic ring is 1. The van der Waals surface area contributed by atoms with Crippen LogP contribution >= 0.6 is 0 Å². The molecule has 1 aromatic heterocycles. The van der Waals surface area contributed by atoms with Crippen LogP contribution in [0.2, 0.25) is 0 Å². The third-order valence-electron chi connectivity index (χ3n) is 3.13. The molecule has 20 heavy (non-hydrogen) atoms. The summed E-state index contributed by atoms with van der Waals surface area (Å²) < 4.78 is 7.10. The van der Waals surface area contributed by atoms with Crippen molar-refractivity contribution < 1.29 is 4.74 Å². The Kier molecular flexibility index (Phi) is 2.77. The third kappa shape index (κ3) is 1.75. The summed E-state index contributed by atoms with van der Waals surface area (Å²) >= 11 is 0. The molecule has 0 aliphatic carbocycles. The van der Waals surface area contributed by atoms with Gasteiger partial charge in [-0.1, -0.05) is 12.1 Å². The summed E-state index contributed by atoms with van der Waals surface area (Å²) in [6, 6.07) is 15.0. The molecule has 0 aliphatic rings. The zero-order chi connectivity index (χ0) is 14.1. The number of rotatable bonds is 2. The van der Waals surface area contributed by atoms with E-state index in [9.17, 15) is 0 Å². The number of fused-ring (bicyclic) bond motifs is 1. The molecule has 0 saturated carbocycles. The van der Waals surface area contributed by atoms with Crippen molar-refractivity contribution in [3.63, 3.8) is 0 Å². The standard InChI is InChI=1S/C15H12N4O/c1-20-13-7-3-6-12-14(13)18-15(17)19(12)11-5-2-4-10(8-11)9-16/h2-8H,1H3,(H2,17,18). The smallest absolute Gasteiger partial charge is 0.206 e. The van der Waals surface area contributed by atoms with E-state index in [0.29, 0.717) is 22.8 Å². The van der Waals surface area contributed by atoms with Gasteiger partial charge in [0.2, 0.25) is 5.95 Å². The Bertz CT molecular complexity index is 829. The Morgan fingerprint density at radius 2 is 2.05 bits per heavy atom. The Balaban J connectivity index is 2.31. The second-order valence-corrected chi connectivity index (χ2v) is 4.30. The minimum atomic E-state index is 0.361. The second kappa shape index (κ2) is 4.59. The van der Waals surface area contributed by atoms with Crippen LogP contribution in [0.3, 0.4) is 0 Å². The average Bonchev–Trinajstić information content (AvgIpc) is 2.83. The molecule has 5 heteroatoms. The largest absolute Gasteiger partial charge is 0.494 e. The van der Waals surface area contributed by atoms with E-state index >= 15 is 0 Å². The lowest BCUT2D eigenvalue weighted by Crippen LogP contribution is -2.00. The zero-order valence-corrected chi connectivity index (χ0v) is 10.9. The van der Waals surface area contributed by atoms with Crippen molar-refractivity contribution in [2.24, 2.45) is 0 Å². The minimum Gasteiger partial charge on any atom is -0.494 e. The predicted octanol–water partition coefficient (Wildman–Crippen LogP) is 2.49. The molecular weight excluding hydrogens is 252 g/mol. The maximum absolute atomic E-state index is 9.00. The monoisotopic (exact) mass is 264 g/mol. The summed E-state index contributed by atoms with van der Waals surface area (Å²) in [4.78, 5) is 4.35. The van der Waals surface area contributed by atoms with Gasteiger partial charge in [0.1, 0.15) is 11.3 Å². The maximum Gasteiger partial charge on any atom is 0.206 e. The molecule has 98 valence electrons. The van der Waals surface area contributed by atoms with Gasteiger partial charge in [-0.2, -0.15) is 5.26 Å². The van der Waals surface area contributed by atoms with Gasteiger partial charge < -0.3 is 10.5 Å². The van der Waals surface area contributed by atoms with Crippen molar-refractivity contribution in [1.29, 1.82) is 5.26 Å². The summed E-state index contributed by atoms with van der Waals surface area (Å²) in [5.74, 6) is 1.03. The number of nitriles is 1. The highest BCUT2D eigenvalue weighted by Crippen LogP contribution is 2.29. The molecule has 2 aromatic carbocycles. The number of hydrogen-bond acceptors (Lipinski definition) is 4. The predicted molar refractivity (Wildman–Crippen MR) is 76.7 cm³/mol. The van der Waals surface area contributed by atoms with Crippen LogP contribution in [-0.4, -0.2) is 16.7 Å². The van der Waals surface area contributed by atoms with E-state index < -0.39 is 0 Å². The van der Waals surface area contributed by atoms with Crippen LogP contribution in [0.15, 0.2) is 42.5 Å². The van der Waals surface area contributed by atoms with Crippen LogP contribution < -0.4 is 10.5 Å². The number of nitrogens with zero attached hydrogens (tertiary/aromatic N) is 3. The molecule has 0 unspecified atom stereocenters. The van der Waals surface area contributed by atoms with Crippen molar-refractivity contribution in [2.75, 3.05) is 12.8 Å². The molecule has 0 spiro atoms. The first kappa shape index (κ1) is 12.1. The average molecular weight is 264 g/mol. The van der Waals surface area contributed by atoms with Crippen LogP contribution in [-0.2, 0) is 0 Å². The van der Waals surface area contributed by atoms with E-state index in [1.165, 1.54) is 0 Å². The summed E-state index contributed by atoms with van der Waals surface area (Å²) in [5, 5.41) is 9.00. The number of imidazole rings is 1. The molecule has 0 fully saturated rings. The molecule has 0 saturated heterocycles. The van der Waals surface area contributed by atoms with Crippen LogP contribution in [0.4, 0.5) is 5.95 Å². The number of ether oxygens (including phenoxy) is 1. The lowest BCUT2D eigenvalue weighted by Gasteiger charge is -2.07. The van der Waals surface area contributed by atoms with E-state index in [1.807, 2.05) is 30.3 Å². The first-order valence-corrected chi connectivity index (χ1v) is 6.06. The highest BCUT2D eigenvalue weighted by molar-refractivity contribution is 5.86. The van der Waals surface area contributed by atoms with Crippen LogP contribution in [0, 0.1) is 11.3 Å². The number of anilines is 1. The Morgan fingerprint density at radius 3 is 2.80 bits per heavy atom. The highest BCUT2D eigenvalue weighted by Gasteiger charge is 2.13. The molecule has 0 atom stereocenters. The fourth-order valence-electron chi connectivity index (χ4n) is 2.24. The van der Waals surface area contributed by atoms with Crippen molar-refractivity contribution in [2.45, 2.75) is 0 Å². The number of benzene rings is 2. The van der Waals surface area contributed by atoms with Gasteiger partial charge in [0, 0.05) is 0 Å². The van der Waals surface area contributed by atoms with Gasteiger partial charge in [-0.15, -0.1) is 0 Å². The number of methoxy groups -OCH3 is 1. The van der Waals surface area contributed by atoms with Crippen molar-refractivity contribution in [1.82, 2.24) is 9.55 Å². The molecule has 0 aliphatic heterocycles. The molecular formula is C15H12N4O. The lowest BCUT2D eigenvalue weighted by atomic mass is 10.2. The number of nitrogens with two attached hydrogens (primary N) is 1. The first-order chi connectivity index (χ1) is 9.74. The SMILES string of the molecule is COc1cccc2c1nc(N)n2-c1cccc(C#N)c1. The molecule has 3 aromatic rings. The molecule has 0 radical (unpaired) electrons. The van der Waals surface area contributed by atoms with Gasteiger partial charge in [-0.05, 0) is 30.3 Å². The van der Waals surface area contributed by atoms with Crippen molar-refractivity contribution >= 4 is 17.0 Å². The number of hydrogen-bond donors (Lipinski definition) is 1. The van der Waals surface area contributed by atoms with Crippen molar-refractivity contribution in [3.8, 4) is 17.5 Å². The number of aromatic nitrogens is 2. The molecule has 0 amide bonds. The Labute approximate surface area is 115 Å². The molecule has 2 N–H and O–H groups in total. The molecule has 1 heterocycles. The van der Waals surface area contributed by atoms with Gasteiger partial charge in [0.25, 0.3) is 0 Å². The van der Waals surface area contributed by atoms with Crippen LogP contribution in [0.25, 0.3) is 16.7 Å². The summed E-state index contributed by atoms with van der Waals surface area (Å²) in [7, 11) is 1.60. The number of para-hydroxylation sites is 1. The zero-order valence-electron chi connectivity index (χ0n) is 10.9. The quantitative estimate of drug-likeness (QED) is 0.771. The molecule has 0 bridgehead atoms. The van der Waals surface area contributed by atoms with Crippen LogP contribution in [0.1, 0.15) is 5.56 Å². The molecule has 5 nitrogen and oxygen atoms in total. The Hall–Kier alpha value is -3.00. The summed E-state index contributed by atoms with van der Waals surface area (Å²) in [6.45, 7) is 0. The van der Waals surface area contributed by atoms with Gasteiger partial charge >= 0.3 is 0 Å². The summed E-state index contributed by atoms with van der Waals surface area (Å²) in [6.07, 6.45) is 0. The van der Waals surface area contributed by atoms with E-state index in [4.69, 9.17) is 15.7 Å². The fraction of sp³-hybridized carbons (Fsp3) is 0.0667. The van der Waals surface area contributed by atoms with E-state index in [-0.39, 0.29) is 0 Å². The van der Waals surface area contributed by atoms with E-state index in [1.54, 1.807) is 23.8 Å². The minimum absolute atomic E-state index is 0.361. The van der Waals surface area contributed by atoms with Crippen LogP contribution in [0.5, 0.6) is 5.75 Å². The van der Waals surface area contributed by atoms with E-state index in [0.717, 1.165) is 11.2 Å². The topological polar surface area (TPSA) is 76.9 Å². The van der Waals surface area contributed by atoms with E-state index in [2.05, 4.69) is 11.1 Å².